The Morgan fingerprint density at radius 3 is 2.94 bits per heavy atom. The molecule has 18 heavy (non-hydrogen) atoms. The summed E-state index contributed by atoms with van der Waals surface area (Å²) in [4.78, 5) is 4.27. The third kappa shape index (κ3) is 3.44. The Labute approximate surface area is 108 Å². The van der Waals surface area contributed by atoms with Gasteiger partial charge in [0.1, 0.15) is 5.76 Å². The molecule has 3 heteroatoms. The highest BCUT2D eigenvalue weighted by Crippen LogP contribution is 2.19. The molecule has 96 valence electrons. The van der Waals surface area contributed by atoms with Crippen LogP contribution in [0.15, 0.2) is 41.3 Å². The predicted octanol–water partition coefficient (Wildman–Crippen LogP) is 3.27. The first-order valence-corrected chi connectivity index (χ1v) is 6.47. The Hall–Kier alpha value is -1.61. The second-order valence-corrected chi connectivity index (χ2v) is 4.59. The van der Waals surface area contributed by atoms with Crippen LogP contribution in [0.3, 0.4) is 0 Å². The van der Waals surface area contributed by atoms with Crippen molar-refractivity contribution in [3.05, 3.63) is 53.7 Å². The summed E-state index contributed by atoms with van der Waals surface area (Å²) in [6, 6.07) is 6.40. The van der Waals surface area contributed by atoms with Gasteiger partial charge in [-0.1, -0.05) is 13.0 Å². The average Bonchev–Trinajstić information content (AvgIpc) is 2.87. The summed E-state index contributed by atoms with van der Waals surface area (Å²) in [7, 11) is 0. The van der Waals surface area contributed by atoms with Gasteiger partial charge in [-0.3, -0.25) is 4.98 Å². The molecule has 0 bridgehead atoms. The fourth-order valence-electron chi connectivity index (χ4n) is 2.03. The van der Waals surface area contributed by atoms with Crippen molar-refractivity contribution < 1.29 is 4.42 Å². The summed E-state index contributed by atoms with van der Waals surface area (Å²) >= 11 is 0. The van der Waals surface area contributed by atoms with Crippen LogP contribution in [-0.2, 0) is 6.42 Å². The molecule has 2 aromatic heterocycles. The first kappa shape index (κ1) is 12.8. The number of nitrogens with one attached hydrogen (secondary N) is 1. The molecule has 2 rings (SSSR count). The van der Waals surface area contributed by atoms with E-state index in [9.17, 15) is 0 Å². The number of nitrogens with zero attached hydrogens (tertiary/aromatic N) is 1. The van der Waals surface area contributed by atoms with Gasteiger partial charge in [0.15, 0.2) is 0 Å². The van der Waals surface area contributed by atoms with E-state index in [1.165, 1.54) is 11.1 Å². The van der Waals surface area contributed by atoms with Crippen molar-refractivity contribution in [1.82, 2.24) is 10.3 Å². The Kier molecular flexibility index (Phi) is 4.53. The molecule has 2 aromatic rings. The third-order valence-electron chi connectivity index (χ3n) is 2.92. The van der Waals surface area contributed by atoms with E-state index in [2.05, 4.69) is 30.2 Å². The van der Waals surface area contributed by atoms with Gasteiger partial charge in [-0.25, -0.2) is 0 Å². The topological polar surface area (TPSA) is 38.1 Å². The maximum absolute atomic E-state index is 5.44. The third-order valence-corrected chi connectivity index (χ3v) is 2.92. The predicted molar refractivity (Wildman–Crippen MR) is 72.4 cm³/mol. The second-order valence-electron chi connectivity index (χ2n) is 4.59. The molecule has 0 radical (unpaired) electrons. The van der Waals surface area contributed by atoms with Crippen molar-refractivity contribution in [3.8, 4) is 0 Å². The van der Waals surface area contributed by atoms with E-state index in [0.717, 1.165) is 25.1 Å². The normalized spacial score (nSPS) is 12.6. The quantitative estimate of drug-likeness (QED) is 0.847. The lowest BCUT2D eigenvalue weighted by molar-refractivity contribution is 0.448. The molecule has 0 fully saturated rings. The van der Waals surface area contributed by atoms with E-state index in [-0.39, 0.29) is 6.04 Å². The first-order valence-electron chi connectivity index (χ1n) is 6.47. The SMILES string of the molecule is CCCNC(Cc1ccco1)c1cncc(C)c1. The minimum absolute atomic E-state index is 0.267. The fraction of sp³-hybridized carbons (Fsp3) is 0.400. The molecule has 0 aliphatic carbocycles. The van der Waals surface area contributed by atoms with Gasteiger partial charge in [0.05, 0.1) is 6.26 Å². The van der Waals surface area contributed by atoms with Crippen LogP contribution in [0.4, 0.5) is 0 Å². The molecule has 0 aliphatic heterocycles. The zero-order valence-electron chi connectivity index (χ0n) is 11.0. The molecule has 1 N–H and O–H groups in total. The number of furan rings is 1. The maximum Gasteiger partial charge on any atom is 0.105 e. The van der Waals surface area contributed by atoms with Crippen LogP contribution in [0.25, 0.3) is 0 Å². The van der Waals surface area contributed by atoms with Crippen LogP contribution >= 0.6 is 0 Å². The largest absolute Gasteiger partial charge is 0.469 e. The van der Waals surface area contributed by atoms with Gasteiger partial charge in [0.25, 0.3) is 0 Å². The number of pyridine rings is 1. The molecule has 0 amide bonds. The summed E-state index contributed by atoms with van der Waals surface area (Å²) in [5.74, 6) is 1.00. The number of rotatable bonds is 6. The summed E-state index contributed by atoms with van der Waals surface area (Å²) < 4.78 is 5.44. The highest BCUT2D eigenvalue weighted by atomic mass is 16.3. The first-order chi connectivity index (χ1) is 8.79. The molecule has 0 saturated heterocycles. The summed E-state index contributed by atoms with van der Waals surface area (Å²) in [6.45, 7) is 5.24. The van der Waals surface area contributed by atoms with Crippen LogP contribution in [0.1, 0.15) is 36.3 Å². The van der Waals surface area contributed by atoms with Gasteiger partial charge in [-0.2, -0.15) is 0 Å². The number of hydrogen-bond acceptors (Lipinski definition) is 3. The Morgan fingerprint density at radius 2 is 2.28 bits per heavy atom. The smallest absolute Gasteiger partial charge is 0.105 e. The van der Waals surface area contributed by atoms with E-state index in [0.29, 0.717) is 0 Å². The van der Waals surface area contributed by atoms with Crippen molar-refractivity contribution in [2.45, 2.75) is 32.7 Å². The number of aromatic nitrogens is 1. The molecular formula is C15H20N2O. The van der Waals surface area contributed by atoms with Gasteiger partial charge >= 0.3 is 0 Å². The molecular weight excluding hydrogens is 224 g/mol. The van der Waals surface area contributed by atoms with Crippen LogP contribution in [0.2, 0.25) is 0 Å². The fourth-order valence-corrected chi connectivity index (χ4v) is 2.03. The van der Waals surface area contributed by atoms with E-state index < -0.39 is 0 Å². The lowest BCUT2D eigenvalue weighted by Crippen LogP contribution is -2.24. The van der Waals surface area contributed by atoms with E-state index in [1.54, 1.807) is 6.26 Å². The van der Waals surface area contributed by atoms with Gasteiger partial charge in [0, 0.05) is 24.9 Å². The lowest BCUT2D eigenvalue weighted by atomic mass is 10.0. The van der Waals surface area contributed by atoms with Crippen molar-refractivity contribution >= 4 is 0 Å². The molecule has 1 atom stereocenters. The van der Waals surface area contributed by atoms with Gasteiger partial charge in [-0.05, 0) is 43.1 Å². The van der Waals surface area contributed by atoms with Crippen LogP contribution < -0.4 is 5.32 Å². The van der Waals surface area contributed by atoms with Crippen LogP contribution in [0.5, 0.6) is 0 Å². The van der Waals surface area contributed by atoms with Crippen LogP contribution in [0, 0.1) is 6.92 Å². The van der Waals surface area contributed by atoms with Crippen LogP contribution in [-0.4, -0.2) is 11.5 Å². The molecule has 1 unspecified atom stereocenters. The Morgan fingerprint density at radius 1 is 1.39 bits per heavy atom. The average molecular weight is 244 g/mol. The minimum Gasteiger partial charge on any atom is -0.469 e. The highest BCUT2D eigenvalue weighted by Gasteiger charge is 2.13. The van der Waals surface area contributed by atoms with Crippen molar-refractivity contribution in [2.24, 2.45) is 0 Å². The van der Waals surface area contributed by atoms with Crippen molar-refractivity contribution in [1.29, 1.82) is 0 Å². The summed E-state index contributed by atoms with van der Waals surface area (Å²) in [5, 5.41) is 3.55. The van der Waals surface area contributed by atoms with Gasteiger partial charge in [-0.15, -0.1) is 0 Å². The molecule has 0 saturated carbocycles. The monoisotopic (exact) mass is 244 g/mol. The molecule has 3 nitrogen and oxygen atoms in total. The highest BCUT2D eigenvalue weighted by molar-refractivity contribution is 5.21. The minimum atomic E-state index is 0.267. The zero-order chi connectivity index (χ0) is 12.8. The molecule has 2 heterocycles. The summed E-state index contributed by atoms with van der Waals surface area (Å²) in [6.07, 6.45) is 7.52. The van der Waals surface area contributed by atoms with Gasteiger partial charge < -0.3 is 9.73 Å². The zero-order valence-corrected chi connectivity index (χ0v) is 11.0. The molecule has 0 aliphatic rings. The number of hydrogen-bond donors (Lipinski definition) is 1. The lowest BCUT2D eigenvalue weighted by Gasteiger charge is -2.18. The Bertz CT molecular complexity index is 465. The Balaban J connectivity index is 2.13. The maximum atomic E-state index is 5.44. The van der Waals surface area contributed by atoms with E-state index in [4.69, 9.17) is 4.42 Å². The van der Waals surface area contributed by atoms with Gasteiger partial charge in [0.2, 0.25) is 0 Å². The van der Waals surface area contributed by atoms with E-state index in [1.807, 2.05) is 24.5 Å². The van der Waals surface area contributed by atoms with E-state index >= 15 is 0 Å². The summed E-state index contributed by atoms with van der Waals surface area (Å²) in [5.41, 5.74) is 2.41. The number of aryl methyl sites for hydroxylation is 1. The van der Waals surface area contributed by atoms with Crippen molar-refractivity contribution in [3.63, 3.8) is 0 Å². The standard InChI is InChI=1S/C15H20N2O/c1-3-6-17-15(9-14-5-4-7-18-14)13-8-12(2)10-16-11-13/h4-5,7-8,10-11,15,17H,3,6,9H2,1-2H3. The second kappa shape index (κ2) is 6.36. The van der Waals surface area contributed by atoms with Crippen molar-refractivity contribution in [2.75, 3.05) is 6.54 Å². The molecule has 0 aromatic carbocycles. The molecule has 0 spiro atoms.